The highest BCUT2D eigenvalue weighted by molar-refractivity contribution is 7.91. The lowest BCUT2D eigenvalue weighted by Crippen LogP contribution is -2.61. The number of aromatic nitrogens is 1. The number of fused-ring (bicyclic) bond motifs is 3. The van der Waals surface area contributed by atoms with Gasteiger partial charge in [-0.1, -0.05) is 72.3 Å². The van der Waals surface area contributed by atoms with Crippen molar-refractivity contribution in [2.24, 2.45) is 50.7 Å². The number of sulfone groups is 1. The Morgan fingerprint density at radius 3 is 2.38 bits per heavy atom. The van der Waals surface area contributed by atoms with E-state index in [1.165, 1.54) is 86.0 Å². The highest BCUT2D eigenvalue weighted by Crippen LogP contribution is 2.72. The molecular formula is C48H75N3O5S2. The summed E-state index contributed by atoms with van der Waals surface area (Å²) in [5.74, 6) is 2.62. The van der Waals surface area contributed by atoms with Gasteiger partial charge in [0, 0.05) is 42.7 Å². The molecule has 1 aliphatic heterocycles. The highest BCUT2D eigenvalue weighted by atomic mass is 32.2. The first-order chi connectivity index (χ1) is 27.2. The van der Waals surface area contributed by atoms with E-state index in [1.807, 2.05) is 13.0 Å². The second-order valence-corrected chi connectivity index (χ2v) is 24.8. The molecule has 6 aliphatic rings. The molecule has 0 spiro atoms. The van der Waals surface area contributed by atoms with Gasteiger partial charge in [0.1, 0.15) is 12.0 Å². The van der Waals surface area contributed by atoms with Gasteiger partial charge in [0.05, 0.1) is 11.5 Å². The summed E-state index contributed by atoms with van der Waals surface area (Å²) in [5, 5.41) is 14.6. The van der Waals surface area contributed by atoms with E-state index in [4.69, 9.17) is 4.74 Å². The molecule has 0 bridgehead atoms. The van der Waals surface area contributed by atoms with E-state index in [0.29, 0.717) is 55.5 Å². The van der Waals surface area contributed by atoms with Gasteiger partial charge in [-0.2, -0.15) is 4.37 Å². The zero-order valence-electron chi connectivity index (χ0n) is 37.2. The third-order valence-corrected chi connectivity index (χ3v) is 20.5. The Morgan fingerprint density at radius 1 is 1.02 bits per heavy atom. The molecule has 2 heterocycles. The SMILES string of the molecule is C=C(C)[C@@H]1CC[C@@](CC[C@]2(C)CCCC3[C@@]4(C)CC=C(C5=CCC(COc6cc(C)sn6)(C(=O)O)CC5)C(C)(C)C4CC[C@]32C)(NCCN2CCS(=O)(=O)CC2)C1C. The molecule has 2 N–H and O–H groups in total. The predicted octanol–water partition coefficient (Wildman–Crippen LogP) is 10.1. The minimum absolute atomic E-state index is 0.00915. The van der Waals surface area contributed by atoms with Gasteiger partial charge in [0.15, 0.2) is 9.84 Å². The summed E-state index contributed by atoms with van der Waals surface area (Å²) in [4.78, 5) is 16.1. The Balaban J connectivity index is 1.07. The molecule has 324 valence electrons. The van der Waals surface area contributed by atoms with Crippen molar-refractivity contribution in [3.63, 3.8) is 0 Å². The van der Waals surface area contributed by atoms with Gasteiger partial charge in [-0.3, -0.25) is 4.79 Å². The van der Waals surface area contributed by atoms with Gasteiger partial charge in [0.2, 0.25) is 5.88 Å². The van der Waals surface area contributed by atoms with Crippen molar-refractivity contribution in [3.8, 4) is 5.88 Å². The van der Waals surface area contributed by atoms with Gasteiger partial charge in [-0.25, -0.2) is 8.42 Å². The number of ether oxygens (including phenoxy) is 1. The number of nitrogens with zero attached hydrogens (tertiary/aromatic N) is 2. The maximum atomic E-state index is 12.7. The van der Waals surface area contributed by atoms with E-state index in [0.717, 1.165) is 30.8 Å². The predicted molar refractivity (Wildman–Crippen MR) is 237 cm³/mol. The summed E-state index contributed by atoms with van der Waals surface area (Å²) in [6.07, 6.45) is 19.0. The first-order valence-electron chi connectivity index (χ1n) is 22.7. The van der Waals surface area contributed by atoms with Gasteiger partial charge < -0.3 is 20.1 Å². The maximum absolute atomic E-state index is 12.7. The van der Waals surface area contributed by atoms with Crippen LogP contribution in [0.25, 0.3) is 0 Å². The molecule has 1 aromatic heterocycles. The number of carbonyl (C=O) groups is 1. The van der Waals surface area contributed by atoms with Crippen LogP contribution in [0.4, 0.5) is 0 Å². The lowest BCUT2D eigenvalue weighted by atomic mass is 9.36. The lowest BCUT2D eigenvalue weighted by molar-refractivity contribution is -0.175. The van der Waals surface area contributed by atoms with E-state index < -0.39 is 21.2 Å². The van der Waals surface area contributed by atoms with Crippen LogP contribution in [0.2, 0.25) is 0 Å². The highest BCUT2D eigenvalue weighted by Gasteiger charge is 2.64. The van der Waals surface area contributed by atoms with Crippen LogP contribution < -0.4 is 10.1 Å². The zero-order chi connectivity index (χ0) is 41.9. The molecule has 58 heavy (non-hydrogen) atoms. The normalized spacial score (nSPS) is 39.9. The van der Waals surface area contributed by atoms with Crippen molar-refractivity contribution < 1.29 is 23.1 Å². The zero-order valence-corrected chi connectivity index (χ0v) is 38.8. The number of rotatable bonds is 13. The first kappa shape index (κ1) is 44.1. The number of carboxylic acid groups (broad SMARTS) is 1. The first-order valence-corrected chi connectivity index (χ1v) is 25.3. The molecule has 0 radical (unpaired) electrons. The third-order valence-electron chi connectivity index (χ3n) is 18.2. The van der Waals surface area contributed by atoms with E-state index >= 15 is 0 Å². The van der Waals surface area contributed by atoms with Crippen LogP contribution in [0.15, 0.2) is 41.5 Å². The van der Waals surface area contributed by atoms with Crippen molar-refractivity contribution >= 4 is 27.3 Å². The average molecular weight is 838 g/mol. The van der Waals surface area contributed by atoms with E-state index in [1.54, 1.807) is 0 Å². The minimum Gasteiger partial charge on any atom is -0.481 e. The van der Waals surface area contributed by atoms with Crippen LogP contribution in [0.5, 0.6) is 5.88 Å². The Bertz CT molecular complexity index is 1890. The van der Waals surface area contributed by atoms with Gasteiger partial charge >= 0.3 is 5.97 Å². The Morgan fingerprint density at radius 2 is 1.76 bits per heavy atom. The second-order valence-electron chi connectivity index (χ2n) is 21.5. The molecule has 8 nitrogen and oxygen atoms in total. The lowest BCUT2D eigenvalue weighted by Gasteiger charge is -2.68. The molecule has 10 heteroatoms. The number of allylic oxidation sites excluding steroid dienone is 5. The number of aliphatic carboxylic acids is 1. The fourth-order valence-corrected chi connectivity index (χ4v) is 16.0. The van der Waals surface area contributed by atoms with E-state index in [2.05, 4.69) is 81.8 Å². The maximum Gasteiger partial charge on any atom is 0.313 e. The van der Waals surface area contributed by atoms with Crippen LogP contribution in [0, 0.1) is 57.7 Å². The van der Waals surface area contributed by atoms with Crippen LogP contribution in [0.3, 0.4) is 0 Å². The fourth-order valence-electron chi connectivity index (χ4n) is 14.2. The number of nitrogens with one attached hydrogen (secondary N) is 1. The van der Waals surface area contributed by atoms with Crippen molar-refractivity contribution in [1.29, 1.82) is 0 Å². The summed E-state index contributed by atoms with van der Waals surface area (Å²) < 4.78 is 34.5. The fraction of sp³-hybridized carbons (Fsp3) is 0.792. The van der Waals surface area contributed by atoms with Crippen LogP contribution >= 0.6 is 11.5 Å². The Kier molecular flexibility index (Phi) is 12.2. The van der Waals surface area contributed by atoms with Crippen LogP contribution in [-0.4, -0.2) is 78.6 Å². The number of carboxylic acids is 1. The molecule has 7 rings (SSSR count). The molecule has 1 saturated heterocycles. The molecule has 0 aromatic carbocycles. The van der Waals surface area contributed by atoms with Crippen molar-refractivity contribution in [1.82, 2.24) is 14.6 Å². The number of hydrogen-bond acceptors (Lipinski definition) is 8. The van der Waals surface area contributed by atoms with Gasteiger partial charge in [0.25, 0.3) is 0 Å². The molecule has 0 amide bonds. The number of hydrogen-bond donors (Lipinski definition) is 2. The van der Waals surface area contributed by atoms with Gasteiger partial charge in [-0.15, -0.1) is 0 Å². The summed E-state index contributed by atoms with van der Waals surface area (Å²) in [7, 11) is -2.88. The standard InChI is InChI=1S/C48H75N3O5S2/c1-33(2)37-14-22-48(35(37)4,49-25-26-51-27-29-58(54,55)30-28-51)24-23-44(7)17-10-11-40-45(8)18-15-38(43(5,6)39(45)16-19-46(40,44)9)36-12-20-47(21-13-36,42(52)53)32-56-41-31-34(3)57-50-41/h12,15,31,35,37,39-40,49H,1,10-11,13-14,16-30,32H2,2-9H3,(H,52,53)/t35?,37-,39?,40?,44-,45-,46+,47?,48-/m0/s1. The second kappa shape index (κ2) is 16.0. The monoisotopic (exact) mass is 838 g/mol. The quantitative estimate of drug-likeness (QED) is 0.189. The van der Waals surface area contributed by atoms with Crippen molar-refractivity contribution in [2.75, 3.05) is 44.3 Å². The number of aryl methyl sites for hydroxylation is 1. The molecule has 1 aromatic rings. The molecule has 3 saturated carbocycles. The van der Waals surface area contributed by atoms with Gasteiger partial charge in [-0.05, 0) is 159 Å². The molecule has 9 atom stereocenters. The molecule has 4 fully saturated rings. The molecule has 5 aliphatic carbocycles. The summed E-state index contributed by atoms with van der Waals surface area (Å²) in [6, 6.07) is 1.89. The topological polar surface area (TPSA) is 109 Å². The molecule has 4 unspecified atom stereocenters. The average Bonchev–Trinajstić information content (AvgIpc) is 3.73. The van der Waals surface area contributed by atoms with E-state index in [-0.39, 0.29) is 45.3 Å². The van der Waals surface area contributed by atoms with Crippen molar-refractivity contribution in [3.05, 3.63) is 46.4 Å². The minimum atomic E-state index is -2.88. The van der Waals surface area contributed by atoms with Crippen molar-refractivity contribution in [2.45, 2.75) is 144 Å². The summed E-state index contributed by atoms with van der Waals surface area (Å²) in [5.41, 5.74) is 4.01. The van der Waals surface area contributed by atoms with E-state index in [9.17, 15) is 18.3 Å². The third kappa shape index (κ3) is 7.85. The Labute approximate surface area is 355 Å². The summed E-state index contributed by atoms with van der Waals surface area (Å²) in [6.45, 7) is 27.4. The molecular weight excluding hydrogens is 763 g/mol. The summed E-state index contributed by atoms with van der Waals surface area (Å²) >= 11 is 1.39. The smallest absolute Gasteiger partial charge is 0.313 e. The Hall–Kier alpha value is -2.01. The van der Waals surface area contributed by atoms with Crippen LogP contribution in [0.1, 0.15) is 137 Å². The largest absolute Gasteiger partial charge is 0.481 e. The van der Waals surface area contributed by atoms with Crippen LogP contribution in [-0.2, 0) is 14.6 Å².